The van der Waals surface area contributed by atoms with Crippen LogP contribution in [0.4, 0.5) is 11.4 Å². The number of hydrogen-bond donors (Lipinski definition) is 2. The second-order valence-electron chi connectivity index (χ2n) is 7.29. The molecule has 136 valence electrons. The Morgan fingerprint density at radius 2 is 1.85 bits per heavy atom. The maximum Gasteiger partial charge on any atom is 0.250 e. The number of carbonyl (C=O) groups excluding carboxylic acids is 1. The van der Waals surface area contributed by atoms with Crippen molar-refractivity contribution in [2.75, 3.05) is 30.8 Å². The number of amides is 1. The second-order valence-corrected chi connectivity index (χ2v) is 7.29. The summed E-state index contributed by atoms with van der Waals surface area (Å²) in [6, 6.07) is 14.2. The van der Waals surface area contributed by atoms with E-state index in [0.717, 1.165) is 55.2 Å². The van der Waals surface area contributed by atoms with E-state index < -0.39 is 5.54 Å². The number of aryl methyl sites for hydroxylation is 1. The topological polar surface area (TPSA) is 53.6 Å². The number of fused-ring (bicyclic) bond motifs is 1. The zero-order valence-electron chi connectivity index (χ0n) is 15.3. The van der Waals surface area contributed by atoms with Crippen LogP contribution in [-0.4, -0.2) is 36.5 Å². The van der Waals surface area contributed by atoms with E-state index in [-0.39, 0.29) is 5.91 Å². The average molecular weight is 351 g/mol. The lowest BCUT2D eigenvalue weighted by Gasteiger charge is -2.44. The van der Waals surface area contributed by atoms with Gasteiger partial charge in [0.05, 0.1) is 18.5 Å². The van der Waals surface area contributed by atoms with Crippen LogP contribution >= 0.6 is 0 Å². The van der Waals surface area contributed by atoms with Crippen LogP contribution in [0, 0.1) is 6.92 Å². The second kappa shape index (κ2) is 6.65. The highest BCUT2D eigenvalue weighted by Gasteiger charge is 2.44. The van der Waals surface area contributed by atoms with Gasteiger partial charge in [0.2, 0.25) is 5.91 Å². The lowest BCUT2D eigenvalue weighted by molar-refractivity contribution is -0.122. The van der Waals surface area contributed by atoms with Crippen LogP contribution in [0.5, 0.6) is 5.75 Å². The van der Waals surface area contributed by atoms with Crippen molar-refractivity contribution in [3.63, 3.8) is 0 Å². The Kier molecular flexibility index (Phi) is 4.32. The quantitative estimate of drug-likeness (QED) is 0.890. The van der Waals surface area contributed by atoms with Crippen molar-refractivity contribution in [3.05, 3.63) is 53.6 Å². The number of benzene rings is 2. The fourth-order valence-electron chi connectivity index (χ4n) is 4.00. The van der Waals surface area contributed by atoms with Gasteiger partial charge in [-0.15, -0.1) is 0 Å². The van der Waals surface area contributed by atoms with Crippen LogP contribution in [-0.2, 0) is 11.3 Å². The molecule has 5 nitrogen and oxygen atoms in total. The lowest BCUT2D eigenvalue weighted by Crippen LogP contribution is -2.58. The molecule has 2 heterocycles. The molecule has 5 heteroatoms. The smallest absolute Gasteiger partial charge is 0.250 e. The molecule has 0 aliphatic carbocycles. The number of methoxy groups -OCH3 is 1. The third kappa shape index (κ3) is 3.03. The molecule has 4 rings (SSSR count). The number of rotatable bonds is 3. The highest BCUT2D eigenvalue weighted by molar-refractivity contribution is 6.06. The zero-order chi connectivity index (χ0) is 18.1. The van der Waals surface area contributed by atoms with Gasteiger partial charge in [-0.05, 0) is 49.1 Å². The van der Waals surface area contributed by atoms with E-state index in [1.54, 1.807) is 7.11 Å². The van der Waals surface area contributed by atoms with Crippen LogP contribution < -0.4 is 15.4 Å². The van der Waals surface area contributed by atoms with Crippen molar-refractivity contribution < 1.29 is 9.53 Å². The Hall–Kier alpha value is -2.53. The molecule has 2 aliphatic heterocycles. The van der Waals surface area contributed by atoms with Crippen LogP contribution in [0.25, 0.3) is 0 Å². The minimum Gasteiger partial charge on any atom is -0.496 e. The SMILES string of the molecule is COc1ccc(CN2CCC3(CC2)Nc2ccccc2NC3=O)cc1C. The molecular formula is C21H25N3O2. The van der Waals surface area contributed by atoms with Crippen molar-refractivity contribution in [3.8, 4) is 5.75 Å². The van der Waals surface area contributed by atoms with E-state index in [0.29, 0.717) is 0 Å². The Morgan fingerprint density at radius 1 is 1.12 bits per heavy atom. The molecule has 0 atom stereocenters. The predicted octanol–water partition coefficient (Wildman–Crippen LogP) is 3.40. The van der Waals surface area contributed by atoms with Crippen LogP contribution in [0.15, 0.2) is 42.5 Å². The molecule has 0 saturated carbocycles. The Morgan fingerprint density at radius 3 is 2.54 bits per heavy atom. The van der Waals surface area contributed by atoms with E-state index in [2.05, 4.69) is 34.6 Å². The number of piperidine rings is 1. The van der Waals surface area contributed by atoms with Crippen LogP contribution in [0.2, 0.25) is 0 Å². The molecule has 0 aromatic heterocycles. The van der Waals surface area contributed by atoms with Crippen molar-refractivity contribution in [1.82, 2.24) is 4.90 Å². The normalized spacial score (nSPS) is 18.8. The number of nitrogens with one attached hydrogen (secondary N) is 2. The third-order valence-electron chi connectivity index (χ3n) is 5.56. The molecule has 1 amide bonds. The third-order valence-corrected chi connectivity index (χ3v) is 5.56. The van der Waals surface area contributed by atoms with Crippen molar-refractivity contribution in [1.29, 1.82) is 0 Å². The molecule has 26 heavy (non-hydrogen) atoms. The number of nitrogens with zero attached hydrogens (tertiary/aromatic N) is 1. The maximum absolute atomic E-state index is 12.7. The minimum atomic E-state index is -0.485. The summed E-state index contributed by atoms with van der Waals surface area (Å²) >= 11 is 0. The largest absolute Gasteiger partial charge is 0.496 e. The Labute approximate surface area is 154 Å². The molecule has 2 aliphatic rings. The number of ether oxygens (including phenoxy) is 1. The monoisotopic (exact) mass is 351 g/mol. The molecule has 0 unspecified atom stereocenters. The summed E-state index contributed by atoms with van der Waals surface area (Å²) in [5.74, 6) is 1.02. The Bertz CT molecular complexity index is 826. The highest BCUT2D eigenvalue weighted by Crippen LogP contribution is 2.36. The van der Waals surface area contributed by atoms with Crippen LogP contribution in [0.3, 0.4) is 0 Å². The van der Waals surface area contributed by atoms with Crippen molar-refractivity contribution >= 4 is 17.3 Å². The molecule has 2 aromatic carbocycles. The van der Waals surface area contributed by atoms with Gasteiger partial charge in [-0.2, -0.15) is 0 Å². The standard InChI is InChI=1S/C21H25N3O2/c1-15-13-16(7-8-19(15)26-2)14-24-11-9-21(10-12-24)20(25)22-17-5-3-4-6-18(17)23-21/h3-8,13,23H,9-12,14H2,1-2H3,(H,22,25). The van der Waals surface area contributed by atoms with Crippen molar-refractivity contribution in [2.45, 2.75) is 31.8 Å². The van der Waals surface area contributed by atoms with Gasteiger partial charge in [-0.3, -0.25) is 9.69 Å². The van der Waals surface area contributed by atoms with Crippen LogP contribution in [0.1, 0.15) is 24.0 Å². The van der Waals surface area contributed by atoms with Gasteiger partial charge >= 0.3 is 0 Å². The van der Waals surface area contributed by atoms with Gasteiger partial charge in [0.15, 0.2) is 0 Å². The molecule has 0 bridgehead atoms. The predicted molar refractivity (Wildman–Crippen MR) is 104 cm³/mol. The summed E-state index contributed by atoms with van der Waals surface area (Å²) < 4.78 is 5.34. The maximum atomic E-state index is 12.7. The summed E-state index contributed by atoms with van der Waals surface area (Å²) in [7, 11) is 1.70. The summed E-state index contributed by atoms with van der Waals surface area (Å²) in [4.78, 5) is 15.1. The first-order valence-electron chi connectivity index (χ1n) is 9.14. The van der Waals surface area contributed by atoms with Gasteiger partial charge in [-0.25, -0.2) is 0 Å². The minimum absolute atomic E-state index is 0.0936. The van der Waals surface area contributed by atoms with E-state index in [9.17, 15) is 4.79 Å². The zero-order valence-corrected chi connectivity index (χ0v) is 15.3. The number of para-hydroxylation sites is 2. The number of hydrogen-bond acceptors (Lipinski definition) is 4. The first-order valence-corrected chi connectivity index (χ1v) is 9.14. The fraction of sp³-hybridized carbons (Fsp3) is 0.381. The molecule has 2 aromatic rings. The summed E-state index contributed by atoms with van der Waals surface area (Å²) in [5.41, 5.74) is 3.85. The highest BCUT2D eigenvalue weighted by atomic mass is 16.5. The number of likely N-dealkylation sites (tertiary alicyclic amines) is 1. The average Bonchev–Trinajstić information content (AvgIpc) is 2.65. The molecule has 0 radical (unpaired) electrons. The van der Waals surface area contributed by atoms with Gasteiger partial charge in [0, 0.05) is 19.6 Å². The van der Waals surface area contributed by atoms with Gasteiger partial charge in [0.1, 0.15) is 11.3 Å². The van der Waals surface area contributed by atoms with Gasteiger partial charge in [-0.1, -0.05) is 24.3 Å². The summed E-state index contributed by atoms with van der Waals surface area (Å²) in [6.07, 6.45) is 1.62. The van der Waals surface area contributed by atoms with E-state index >= 15 is 0 Å². The summed E-state index contributed by atoms with van der Waals surface area (Å²) in [5, 5.41) is 6.59. The molecule has 2 N–H and O–H groups in total. The molecule has 1 fully saturated rings. The number of carbonyl (C=O) groups is 1. The fourth-order valence-corrected chi connectivity index (χ4v) is 4.00. The lowest BCUT2D eigenvalue weighted by atomic mass is 9.84. The summed E-state index contributed by atoms with van der Waals surface area (Å²) in [6.45, 7) is 4.77. The van der Waals surface area contributed by atoms with Gasteiger partial charge < -0.3 is 15.4 Å². The Balaban J connectivity index is 1.43. The van der Waals surface area contributed by atoms with E-state index in [4.69, 9.17) is 4.74 Å². The number of anilines is 2. The molecular weight excluding hydrogens is 326 g/mol. The molecule has 1 spiro atoms. The first kappa shape index (κ1) is 16.9. The van der Waals surface area contributed by atoms with E-state index in [1.165, 1.54) is 5.56 Å². The van der Waals surface area contributed by atoms with Gasteiger partial charge in [0.25, 0.3) is 0 Å². The first-order chi connectivity index (χ1) is 12.6. The van der Waals surface area contributed by atoms with Crippen molar-refractivity contribution in [2.24, 2.45) is 0 Å². The molecule has 1 saturated heterocycles. The van der Waals surface area contributed by atoms with E-state index in [1.807, 2.05) is 30.3 Å².